The molecule has 4 heteroatoms. The molecule has 0 aromatic carbocycles. The molecule has 0 aromatic rings. The van der Waals surface area contributed by atoms with Gasteiger partial charge in [0.15, 0.2) is 0 Å². The Morgan fingerprint density at radius 3 is 2.33 bits per heavy atom. The number of methoxy groups -OCH3 is 1. The lowest BCUT2D eigenvalue weighted by atomic mass is 10.2. The molecule has 0 heterocycles. The molecular formula is C8H10FNO2. The van der Waals surface area contributed by atoms with Gasteiger partial charge in [-0.05, 0) is 6.08 Å². The Morgan fingerprint density at radius 1 is 1.58 bits per heavy atom. The van der Waals surface area contributed by atoms with Crippen LogP contribution in [0.15, 0.2) is 36.3 Å². The first-order chi connectivity index (χ1) is 5.49. The largest absolute Gasteiger partial charge is 0.465 e. The third-order valence-electron chi connectivity index (χ3n) is 1.05. The highest BCUT2D eigenvalue weighted by Crippen LogP contribution is 2.08. The Balaban J connectivity index is 4.79. The Labute approximate surface area is 70.0 Å². The SMILES string of the molecule is C=C(F)/C=C(\C(=C)N)C(=O)OC. The van der Waals surface area contributed by atoms with Crippen LogP contribution in [0.25, 0.3) is 0 Å². The predicted molar refractivity (Wildman–Crippen MR) is 43.7 cm³/mol. The van der Waals surface area contributed by atoms with E-state index in [0.717, 1.165) is 6.08 Å². The zero-order valence-electron chi connectivity index (χ0n) is 6.76. The summed E-state index contributed by atoms with van der Waals surface area (Å²) in [6.07, 6.45) is 0.869. The number of hydrogen-bond donors (Lipinski definition) is 1. The van der Waals surface area contributed by atoms with Gasteiger partial charge in [-0.2, -0.15) is 0 Å². The predicted octanol–water partition coefficient (Wildman–Crippen LogP) is 1.04. The third kappa shape index (κ3) is 3.01. The van der Waals surface area contributed by atoms with E-state index in [1.807, 2.05) is 0 Å². The molecule has 0 bridgehead atoms. The molecule has 0 rings (SSSR count). The van der Waals surface area contributed by atoms with E-state index in [2.05, 4.69) is 17.9 Å². The molecule has 0 spiro atoms. The maximum absolute atomic E-state index is 12.2. The highest BCUT2D eigenvalue weighted by atomic mass is 19.1. The van der Waals surface area contributed by atoms with Gasteiger partial charge in [-0.25, -0.2) is 9.18 Å². The van der Waals surface area contributed by atoms with Gasteiger partial charge in [-0.1, -0.05) is 13.2 Å². The molecule has 0 saturated heterocycles. The van der Waals surface area contributed by atoms with Gasteiger partial charge in [-0.15, -0.1) is 0 Å². The van der Waals surface area contributed by atoms with Crippen molar-refractivity contribution in [2.45, 2.75) is 0 Å². The second kappa shape index (κ2) is 4.33. The van der Waals surface area contributed by atoms with Gasteiger partial charge in [0, 0.05) is 5.70 Å². The molecule has 0 amide bonds. The van der Waals surface area contributed by atoms with Gasteiger partial charge in [0.25, 0.3) is 0 Å². The van der Waals surface area contributed by atoms with Crippen molar-refractivity contribution in [3.05, 3.63) is 36.3 Å². The summed E-state index contributed by atoms with van der Waals surface area (Å²) in [5.74, 6) is -1.51. The van der Waals surface area contributed by atoms with E-state index in [0.29, 0.717) is 0 Å². The zero-order valence-corrected chi connectivity index (χ0v) is 6.76. The first-order valence-electron chi connectivity index (χ1n) is 3.08. The van der Waals surface area contributed by atoms with Crippen molar-refractivity contribution in [1.82, 2.24) is 0 Å². The van der Waals surface area contributed by atoms with Crippen LogP contribution in [0, 0.1) is 0 Å². The molecular weight excluding hydrogens is 161 g/mol. The van der Waals surface area contributed by atoms with Gasteiger partial charge in [0.1, 0.15) is 5.83 Å². The molecule has 2 N–H and O–H groups in total. The van der Waals surface area contributed by atoms with E-state index < -0.39 is 11.8 Å². The minimum atomic E-state index is -0.776. The maximum Gasteiger partial charge on any atom is 0.340 e. The monoisotopic (exact) mass is 171 g/mol. The van der Waals surface area contributed by atoms with E-state index in [1.165, 1.54) is 7.11 Å². The van der Waals surface area contributed by atoms with Gasteiger partial charge >= 0.3 is 5.97 Å². The van der Waals surface area contributed by atoms with Crippen LogP contribution >= 0.6 is 0 Å². The lowest BCUT2D eigenvalue weighted by Crippen LogP contribution is -2.11. The summed E-state index contributed by atoms with van der Waals surface area (Å²) in [6.45, 7) is 6.22. The molecule has 0 aromatic heterocycles. The topological polar surface area (TPSA) is 52.3 Å². The third-order valence-corrected chi connectivity index (χ3v) is 1.05. The Kier molecular flexibility index (Phi) is 3.76. The van der Waals surface area contributed by atoms with E-state index in [1.54, 1.807) is 0 Å². The molecule has 0 unspecified atom stereocenters. The van der Waals surface area contributed by atoms with Crippen molar-refractivity contribution in [2.24, 2.45) is 5.73 Å². The van der Waals surface area contributed by atoms with Crippen molar-refractivity contribution in [3.63, 3.8) is 0 Å². The standard InChI is InChI=1S/C8H10FNO2/c1-5(9)4-7(6(2)10)8(11)12-3/h4H,1-2,10H2,3H3/b7-4+. The zero-order chi connectivity index (χ0) is 9.72. The van der Waals surface area contributed by atoms with E-state index in [9.17, 15) is 9.18 Å². The number of esters is 1. The van der Waals surface area contributed by atoms with Crippen LogP contribution in [0.2, 0.25) is 0 Å². The second-order valence-electron chi connectivity index (χ2n) is 2.02. The normalized spacial score (nSPS) is 10.7. The summed E-state index contributed by atoms with van der Waals surface area (Å²) in [6, 6.07) is 0. The van der Waals surface area contributed by atoms with Crippen LogP contribution in [0.4, 0.5) is 4.39 Å². The first kappa shape index (κ1) is 10.4. The van der Waals surface area contributed by atoms with Crippen molar-refractivity contribution < 1.29 is 13.9 Å². The van der Waals surface area contributed by atoms with Crippen LogP contribution in [0.1, 0.15) is 0 Å². The van der Waals surface area contributed by atoms with E-state index in [-0.39, 0.29) is 11.3 Å². The number of hydrogen-bond acceptors (Lipinski definition) is 3. The van der Waals surface area contributed by atoms with Gasteiger partial charge in [-0.3, -0.25) is 0 Å². The number of nitrogens with two attached hydrogens (primary N) is 1. The van der Waals surface area contributed by atoms with Gasteiger partial charge in [0.2, 0.25) is 0 Å². The smallest absolute Gasteiger partial charge is 0.340 e. The molecule has 0 aliphatic carbocycles. The summed E-state index contributed by atoms with van der Waals surface area (Å²) in [5, 5.41) is 0. The molecule has 66 valence electrons. The number of carbonyl (C=O) groups is 1. The van der Waals surface area contributed by atoms with Gasteiger partial charge in [0.05, 0.1) is 12.7 Å². The fraction of sp³-hybridized carbons (Fsp3) is 0.125. The molecule has 3 nitrogen and oxygen atoms in total. The molecule has 12 heavy (non-hydrogen) atoms. The van der Waals surface area contributed by atoms with Crippen LogP contribution in [0.3, 0.4) is 0 Å². The van der Waals surface area contributed by atoms with Crippen molar-refractivity contribution in [2.75, 3.05) is 7.11 Å². The fourth-order valence-corrected chi connectivity index (χ4v) is 0.549. The van der Waals surface area contributed by atoms with Crippen LogP contribution in [0.5, 0.6) is 0 Å². The Hall–Kier alpha value is -1.58. The summed E-state index contributed by atoms with van der Waals surface area (Å²) >= 11 is 0. The highest BCUT2D eigenvalue weighted by molar-refractivity contribution is 5.93. The quantitative estimate of drug-likeness (QED) is 0.392. The molecule has 0 aliphatic heterocycles. The minimum absolute atomic E-state index is 0.0550. The van der Waals surface area contributed by atoms with E-state index >= 15 is 0 Å². The summed E-state index contributed by atoms with van der Waals surface area (Å²) in [7, 11) is 1.17. The second-order valence-corrected chi connectivity index (χ2v) is 2.02. The Bertz CT molecular complexity index is 256. The highest BCUT2D eigenvalue weighted by Gasteiger charge is 2.10. The number of carbonyl (C=O) groups excluding carboxylic acids is 1. The number of rotatable bonds is 3. The number of allylic oxidation sites excluding steroid dienone is 2. The molecule has 0 atom stereocenters. The van der Waals surface area contributed by atoms with E-state index in [4.69, 9.17) is 5.73 Å². The van der Waals surface area contributed by atoms with Crippen molar-refractivity contribution in [3.8, 4) is 0 Å². The number of ether oxygens (including phenoxy) is 1. The molecule has 0 saturated carbocycles. The number of halogens is 1. The molecule has 0 aliphatic rings. The van der Waals surface area contributed by atoms with Crippen molar-refractivity contribution in [1.29, 1.82) is 0 Å². The van der Waals surface area contributed by atoms with Crippen LogP contribution < -0.4 is 5.73 Å². The fourth-order valence-electron chi connectivity index (χ4n) is 0.549. The molecule has 0 fully saturated rings. The van der Waals surface area contributed by atoms with Crippen LogP contribution in [-0.4, -0.2) is 13.1 Å². The average Bonchev–Trinajstić information content (AvgIpc) is 1.98. The first-order valence-corrected chi connectivity index (χ1v) is 3.08. The van der Waals surface area contributed by atoms with Gasteiger partial charge < -0.3 is 10.5 Å². The summed E-state index contributed by atoms with van der Waals surface area (Å²) < 4.78 is 16.6. The minimum Gasteiger partial charge on any atom is -0.465 e. The average molecular weight is 171 g/mol. The maximum atomic E-state index is 12.2. The van der Waals surface area contributed by atoms with Crippen molar-refractivity contribution >= 4 is 5.97 Å². The molecule has 0 radical (unpaired) electrons. The summed E-state index contributed by atoms with van der Waals surface area (Å²) in [4.78, 5) is 10.8. The lowest BCUT2D eigenvalue weighted by molar-refractivity contribution is -0.135. The Morgan fingerprint density at radius 2 is 2.08 bits per heavy atom. The lowest BCUT2D eigenvalue weighted by Gasteiger charge is -2.02. The summed E-state index contributed by atoms with van der Waals surface area (Å²) in [5.41, 5.74) is 5.01. The van der Waals surface area contributed by atoms with Crippen LogP contribution in [-0.2, 0) is 9.53 Å².